The highest BCUT2D eigenvalue weighted by molar-refractivity contribution is 6.19. The molecule has 0 saturated carbocycles. The summed E-state index contributed by atoms with van der Waals surface area (Å²) in [5.41, 5.74) is 22.5. The molecule has 438 valence electrons. The normalized spacial score (nSPS) is 19.3. The first kappa shape index (κ1) is 53.9. The molecule has 0 saturated heterocycles. The predicted octanol–water partition coefficient (Wildman–Crippen LogP) is 23.6. The van der Waals surface area contributed by atoms with Crippen molar-refractivity contribution in [2.24, 2.45) is 11.3 Å². The van der Waals surface area contributed by atoms with Crippen LogP contribution in [0.1, 0.15) is 117 Å². The van der Waals surface area contributed by atoms with Crippen molar-refractivity contribution in [2.45, 2.75) is 117 Å². The maximum absolute atomic E-state index is 7.03. The number of rotatable bonds is 6. The molecule has 13 aromatic rings. The van der Waals surface area contributed by atoms with Crippen LogP contribution in [0, 0.1) is 11.3 Å². The summed E-state index contributed by atoms with van der Waals surface area (Å²) >= 11 is 0. The topological polar surface area (TPSA) is 45.9 Å². The van der Waals surface area contributed by atoms with E-state index in [-0.39, 0.29) is 39.2 Å². The summed E-state index contributed by atoms with van der Waals surface area (Å²) in [5, 5.41) is 11.3. The average Bonchev–Trinajstić information content (AvgIpc) is 1.62. The Kier molecular flexibility index (Phi) is 11.1. The minimum Gasteiger partial charge on any atom is -0.456 e. The summed E-state index contributed by atoms with van der Waals surface area (Å²) in [7, 11) is 0. The number of fused-ring (bicyclic) bond motifs is 18. The Hall–Kier alpha value is -9.32. The van der Waals surface area contributed by atoms with E-state index in [1.165, 1.54) is 77.2 Å². The van der Waals surface area contributed by atoms with Crippen LogP contribution in [-0.2, 0) is 16.2 Å². The van der Waals surface area contributed by atoms with E-state index in [9.17, 15) is 0 Å². The van der Waals surface area contributed by atoms with Gasteiger partial charge in [0, 0.05) is 83.9 Å². The monoisotopic (exact) mass is 1160 g/mol. The second-order valence-electron chi connectivity index (χ2n) is 29.5. The molecule has 3 atom stereocenters. The van der Waals surface area contributed by atoms with Gasteiger partial charge >= 0.3 is 0 Å². The molecule has 3 heterocycles. The largest absolute Gasteiger partial charge is 0.456 e. The van der Waals surface area contributed by atoms with Crippen molar-refractivity contribution in [3.63, 3.8) is 0 Å². The number of nitrogens with zero attached hydrogens (tertiary/aromatic N) is 2. The average molecular weight is 1160 g/mol. The number of hydrogen-bond acceptors (Lipinski definition) is 5. The van der Waals surface area contributed by atoms with Gasteiger partial charge in [0.15, 0.2) is 0 Å². The first-order chi connectivity index (χ1) is 42.6. The van der Waals surface area contributed by atoms with Gasteiger partial charge in [-0.25, -0.2) is 0 Å². The van der Waals surface area contributed by atoms with E-state index in [1.807, 2.05) is 0 Å². The van der Waals surface area contributed by atoms with Gasteiger partial charge in [-0.2, -0.15) is 0 Å². The predicted molar refractivity (Wildman–Crippen MR) is 375 cm³/mol. The molecule has 3 aromatic heterocycles. The van der Waals surface area contributed by atoms with Crippen LogP contribution in [0.25, 0.3) is 104 Å². The Morgan fingerprint density at radius 2 is 0.944 bits per heavy atom. The molecule has 0 aliphatic heterocycles. The Bertz CT molecular complexity index is 5360. The van der Waals surface area contributed by atoms with Gasteiger partial charge in [0.05, 0.1) is 11.6 Å². The number of benzene rings is 10. The molecular weight excluding hydrogens is 1080 g/mol. The van der Waals surface area contributed by atoms with Crippen LogP contribution in [0.2, 0.25) is 0 Å². The van der Waals surface area contributed by atoms with Crippen molar-refractivity contribution < 1.29 is 13.3 Å². The van der Waals surface area contributed by atoms with Crippen LogP contribution in [0.4, 0.5) is 22.7 Å². The third-order valence-corrected chi connectivity index (χ3v) is 21.3. The molecule has 5 heteroatoms. The highest BCUT2D eigenvalue weighted by Gasteiger charge is 2.47. The molecule has 0 N–H and O–H groups in total. The molecular formula is C84H74N2O3. The lowest BCUT2D eigenvalue weighted by molar-refractivity contribution is 0.400. The SMILES string of the molecule is CC1C2=C(C=CC1N(c1ccc3c(c1)oc1cc4c(cc13)oc1cc3c(cc14)oc1cc(N(c4ccc(C(C)(C)C)cc4)c4ccc5c(c4)C(C)(C)c4ccc6ccccc6c4-5)ccc13)C1(C)C=CC(C(C)(C)C)=CC1)c1c(ccc3ccccc13)C2(C)C. The molecule has 0 bridgehead atoms. The quantitative estimate of drug-likeness (QED) is 0.166. The summed E-state index contributed by atoms with van der Waals surface area (Å²) in [4.78, 5) is 5.09. The zero-order valence-corrected chi connectivity index (χ0v) is 53.1. The molecule has 0 fully saturated rings. The van der Waals surface area contributed by atoms with E-state index in [1.54, 1.807) is 0 Å². The highest BCUT2D eigenvalue weighted by Crippen LogP contribution is 2.57. The molecule has 0 amide bonds. The Morgan fingerprint density at radius 3 is 1.52 bits per heavy atom. The first-order valence-electron chi connectivity index (χ1n) is 32.0. The summed E-state index contributed by atoms with van der Waals surface area (Å²) < 4.78 is 20.9. The van der Waals surface area contributed by atoms with Gasteiger partial charge in [-0.3, -0.25) is 0 Å². The number of allylic oxidation sites excluding steroid dienone is 4. The molecule has 17 rings (SSSR count). The lowest BCUT2D eigenvalue weighted by Crippen LogP contribution is -2.54. The van der Waals surface area contributed by atoms with Gasteiger partial charge in [0.2, 0.25) is 0 Å². The van der Waals surface area contributed by atoms with E-state index in [0.29, 0.717) is 0 Å². The first-order valence-corrected chi connectivity index (χ1v) is 32.0. The molecule has 0 spiro atoms. The Balaban J connectivity index is 0.746. The third kappa shape index (κ3) is 7.86. The highest BCUT2D eigenvalue weighted by atomic mass is 16.3. The molecule has 5 nitrogen and oxygen atoms in total. The number of furan rings is 3. The molecule has 4 aliphatic rings. The molecule has 89 heavy (non-hydrogen) atoms. The van der Waals surface area contributed by atoms with Crippen LogP contribution in [-0.4, -0.2) is 11.6 Å². The summed E-state index contributed by atoms with van der Waals surface area (Å²) in [6.07, 6.45) is 13.2. The standard InChI is InChI=1S/C84H74N2O3/c1-48-70(36-33-62-78-58-20-16-14-18-50(58)22-35-68(78)83(10,11)79(48)62)86(84(12)39-37-52(38-40-84)81(5,6)7)56-29-31-60-64-45-76-66(47-74(64)88-72(60)43-56)65-46-73-63(44-75(65)89-76)59-30-27-55(42-71(59)87-73)85(53-25-23-51(24-26-53)80(2,3)4)54-28-32-61-69(41-54)82(8,9)67-34-21-49-17-13-15-19-57(49)77(61)67/h13-39,41-48,70H,40H2,1-12H3. The Morgan fingerprint density at radius 1 is 0.438 bits per heavy atom. The second-order valence-corrected chi connectivity index (χ2v) is 29.5. The fourth-order valence-electron chi connectivity index (χ4n) is 16.6. The van der Waals surface area contributed by atoms with Gasteiger partial charge in [-0.1, -0.05) is 198 Å². The fraction of sp³-hybridized carbons (Fsp3) is 0.238. The lowest BCUT2D eigenvalue weighted by Gasteiger charge is -2.50. The van der Waals surface area contributed by atoms with Crippen molar-refractivity contribution in [3.05, 3.63) is 245 Å². The van der Waals surface area contributed by atoms with Gasteiger partial charge in [-0.05, 0) is 174 Å². The molecule has 4 aliphatic carbocycles. The van der Waals surface area contributed by atoms with Crippen LogP contribution in [0.15, 0.2) is 231 Å². The molecule has 3 unspecified atom stereocenters. The minimum atomic E-state index is -0.318. The van der Waals surface area contributed by atoms with E-state index < -0.39 is 0 Å². The van der Waals surface area contributed by atoms with E-state index in [2.05, 4.69) is 299 Å². The minimum absolute atomic E-state index is 0.0205. The van der Waals surface area contributed by atoms with E-state index >= 15 is 0 Å². The summed E-state index contributed by atoms with van der Waals surface area (Å²) in [6, 6.07) is 65.5. The van der Waals surface area contributed by atoms with Gasteiger partial charge in [0.1, 0.15) is 33.5 Å². The van der Waals surface area contributed by atoms with E-state index in [4.69, 9.17) is 13.3 Å². The van der Waals surface area contributed by atoms with Gasteiger partial charge in [0.25, 0.3) is 0 Å². The summed E-state index contributed by atoms with van der Waals surface area (Å²) in [6.45, 7) is 28.3. The van der Waals surface area contributed by atoms with Crippen molar-refractivity contribution >= 4 is 116 Å². The van der Waals surface area contributed by atoms with Gasteiger partial charge in [-0.15, -0.1) is 0 Å². The zero-order valence-electron chi connectivity index (χ0n) is 53.1. The molecule has 10 aromatic carbocycles. The zero-order chi connectivity index (χ0) is 61.0. The number of anilines is 4. The van der Waals surface area contributed by atoms with Crippen molar-refractivity contribution in [2.75, 3.05) is 9.80 Å². The second kappa shape index (κ2) is 18.4. The van der Waals surface area contributed by atoms with Gasteiger partial charge < -0.3 is 23.1 Å². The van der Waals surface area contributed by atoms with Crippen LogP contribution >= 0.6 is 0 Å². The van der Waals surface area contributed by atoms with Crippen molar-refractivity contribution in [1.29, 1.82) is 0 Å². The summed E-state index contributed by atoms with van der Waals surface area (Å²) in [5.74, 6) is 0.219. The van der Waals surface area contributed by atoms with Crippen molar-refractivity contribution in [3.8, 4) is 11.1 Å². The number of hydrogen-bond donors (Lipinski definition) is 0. The maximum Gasteiger partial charge on any atom is 0.137 e. The van der Waals surface area contributed by atoms with Crippen LogP contribution in [0.3, 0.4) is 0 Å². The maximum atomic E-state index is 7.03. The van der Waals surface area contributed by atoms with Crippen molar-refractivity contribution in [1.82, 2.24) is 0 Å². The van der Waals surface area contributed by atoms with Crippen LogP contribution < -0.4 is 9.80 Å². The third-order valence-electron chi connectivity index (χ3n) is 21.3. The Labute approximate surface area is 520 Å². The fourth-order valence-corrected chi connectivity index (χ4v) is 16.6. The van der Waals surface area contributed by atoms with E-state index in [0.717, 1.165) is 95.0 Å². The molecule has 0 radical (unpaired) electrons. The lowest BCUT2D eigenvalue weighted by atomic mass is 9.71. The van der Waals surface area contributed by atoms with Crippen LogP contribution in [0.5, 0.6) is 0 Å². The smallest absolute Gasteiger partial charge is 0.137 e.